The molecule has 2 heterocycles. The van der Waals surface area contributed by atoms with Crippen LogP contribution in [0.2, 0.25) is 0 Å². The third-order valence-electron chi connectivity index (χ3n) is 5.70. The summed E-state index contributed by atoms with van der Waals surface area (Å²) in [6.45, 7) is 4.68. The van der Waals surface area contributed by atoms with Gasteiger partial charge in [0.25, 0.3) is 5.91 Å². The molecule has 138 valence electrons. The highest BCUT2D eigenvalue weighted by molar-refractivity contribution is 6.30. The van der Waals surface area contributed by atoms with Crippen molar-refractivity contribution >= 4 is 33.4 Å². The molecule has 0 unspecified atom stereocenters. The first-order chi connectivity index (χ1) is 13.6. The number of anilines is 1. The van der Waals surface area contributed by atoms with Gasteiger partial charge in [-0.1, -0.05) is 30.3 Å². The molecule has 0 atom stereocenters. The summed E-state index contributed by atoms with van der Waals surface area (Å²) in [6.07, 6.45) is 0. The number of carbonyl (C=O) groups is 1. The first kappa shape index (κ1) is 16.8. The van der Waals surface area contributed by atoms with E-state index in [9.17, 15) is 4.79 Å². The van der Waals surface area contributed by atoms with E-state index in [-0.39, 0.29) is 5.91 Å². The molecule has 0 radical (unpaired) electrons. The van der Waals surface area contributed by atoms with E-state index < -0.39 is 0 Å². The Hall–Kier alpha value is -3.40. The number of ether oxygens (including phenoxy) is 1. The van der Waals surface area contributed by atoms with Crippen molar-refractivity contribution in [1.82, 2.24) is 4.98 Å². The molecule has 0 aliphatic carbocycles. The molecular formula is C24H20N2O2. The van der Waals surface area contributed by atoms with Crippen LogP contribution >= 0.6 is 0 Å². The van der Waals surface area contributed by atoms with Crippen molar-refractivity contribution in [3.63, 3.8) is 0 Å². The van der Waals surface area contributed by atoms with Crippen molar-refractivity contribution in [2.24, 2.45) is 0 Å². The minimum absolute atomic E-state index is 0.0411. The van der Waals surface area contributed by atoms with Gasteiger partial charge in [0.15, 0.2) is 0 Å². The van der Waals surface area contributed by atoms with Gasteiger partial charge < -0.3 is 9.64 Å². The van der Waals surface area contributed by atoms with Crippen LogP contribution in [0, 0.1) is 13.8 Å². The zero-order valence-corrected chi connectivity index (χ0v) is 16.1. The van der Waals surface area contributed by atoms with Crippen molar-refractivity contribution in [2.75, 3.05) is 12.0 Å². The van der Waals surface area contributed by atoms with E-state index in [4.69, 9.17) is 9.72 Å². The topological polar surface area (TPSA) is 42.4 Å². The Morgan fingerprint density at radius 3 is 2.54 bits per heavy atom. The van der Waals surface area contributed by atoms with Crippen LogP contribution in [-0.4, -0.2) is 18.0 Å². The molecule has 4 heteroatoms. The Morgan fingerprint density at radius 2 is 1.79 bits per heavy atom. The summed E-state index contributed by atoms with van der Waals surface area (Å²) in [4.78, 5) is 20.3. The largest absolute Gasteiger partial charge is 0.497 e. The fourth-order valence-corrected chi connectivity index (χ4v) is 4.05. The molecule has 1 amide bonds. The molecule has 4 aromatic rings. The highest BCUT2D eigenvalue weighted by atomic mass is 16.5. The molecule has 5 rings (SSSR count). The van der Waals surface area contributed by atoms with Crippen molar-refractivity contribution in [1.29, 1.82) is 0 Å². The molecule has 1 aliphatic rings. The van der Waals surface area contributed by atoms with Crippen LogP contribution in [0.3, 0.4) is 0 Å². The summed E-state index contributed by atoms with van der Waals surface area (Å²) in [6, 6.07) is 17.9. The molecule has 0 bridgehead atoms. The fraction of sp³-hybridized carbons (Fsp3) is 0.167. The van der Waals surface area contributed by atoms with Gasteiger partial charge in [0.05, 0.1) is 35.9 Å². The SMILES string of the molecule is COc1ccc(CN2C(=O)c3c4ccccc4nc4c(C)c(C)cc2c34)cc1. The highest BCUT2D eigenvalue weighted by Crippen LogP contribution is 2.43. The number of nitrogens with zero attached hydrogens (tertiary/aromatic N) is 2. The summed E-state index contributed by atoms with van der Waals surface area (Å²) in [7, 11) is 1.65. The predicted molar refractivity (Wildman–Crippen MR) is 112 cm³/mol. The molecule has 0 saturated carbocycles. The van der Waals surface area contributed by atoms with E-state index in [0.29, 0.717) is 6.54 Å². The van der Waals surface area contributed by atoms with Crippen LogP contribution in [0.15, 0.2) is 54.6 Å². The number of aryl methyl sites for hydroxylation is 2. The molecule has 1 aromatic heterocycles. The number of hydrogen-bond acceptors (Lipinski definition) is 3. The number of rotatable bonds is 3. The quantitative estimate of drug-likeness (QED) is 0.468. The number of benzene rings is 3. The summed E-state index contributed by atoms with van der Waals surface area (Å²) in [5.74, 6) is 0.850. The van der Waals surface area contributed by atoms with Gasteiger partial charge in [-0.25, -0.2) is 4.98 Å². The van der Waals surface area contributed by atoms with E-state index in [1.807, 2.05) is 53.4 Å². The number of aromatic nitrogens is 1. The maximum Gasteiger partial charge on any atom is 0.260 e. The van der Waals surface area contributed by atoms with Gasteiger partial charge in [-0.15, -0.1) is 0 Å². The molecule has 4 nitrogen and oxygen atoms in total. The molecule has 1 aliphatic heterocycles. The molecule has 0 spiro atoms. The minimum atomic E-state index is 0.0411. The zero-order valence-electron chi connectivity index (χ0n) is 16.1. The van der Waals surface area contributed by atoms with Crippen LogP contribution in [0.4, 0.5) is 5.69 Å². The number of hydrogen-bond donors (Lipinski definition) is 0. The molecule has 0 N–H and O–H groups in total. The van der Waals surface area contributed by atoms with Gasteiger partial charge in [-0.2, -0.15) is 0 Å². The summed E-state index contributed by atoms with van der Waals surface area (Å²) < 4.78 is 5.25. The van der Waals surface area contributed by atoms with E-state index in [0.717, 1.165) is 55.5 Å². The van der Waals surface area contributed by atoms with Gasteiger partial charge in [0, 0.05) is 10.8 Å². The van der Waals surface area contributed by atoms with E-state index in [1.165, 1.54) is 0 Å². The van der Waals surface area contributed by atoms with Gasteiger partial charge in [0.1, 0.15) is 5.75 Å². The van der Waals surface area contributed by atoms with Crippen LogP contribution in [0.25, 0.3) is 21.8 Å². The normalized spacial score (nSPS) is 13.0. The first-order valence-corrected chi connectivity index (χ1v) is 9.36. The molecule has 3 aromatic carbocycles. The Labute approximate surface area is 163 Å². The maximum absolute atomic E-state index is 13.5. The second kappa shape index (κ2) is 6.06. The molecular weight excluding hydrogens is 348 g/mol. The average molecular weight is 368 g/mol. The van der Waals surface area contributed by atoms with Crippen LogP contribution in [0.5, 0.6) is 5.75 Å². The van der Waals surface area contributed by atoms with E-state index in [2.05, 4.69) is 19.9 Å². The van der Waals surface area contributed by atoms with E-state index >= 15 is 0 Å². The van der Waals surface area contributed by atoms with Crippen LogP contribution < -0.4 is 9.64 Å². The predicted octanol–water partition coefficient (Wildman–Crippen LogP) is 5.17. The van der Waals surface area contributed by atoms with Gasteiger partial charge in [0.2, 0.25) is 0 Å². The van der Waals surface area contributed by atoms with Crippen molar-refractivity contribution in [3.05, 3.63) is 76.9 Å². The summed E-state index contributed by atoms with van der Waals surface area (Å²) in [5.41, 5.74) is 6.85. The number of para-hydroxylation sites is 1. The van der Waals surface area contributed by atoms with Crippen molar-refractivity contribution in [3.8, 4) is 5.75 Å². The Balaban J connectivity index is 1.73. The summed E-state index contributed by atoms with van der Waals surface area (Å²) >= 11 is 0. The lowest BCUT2D eigenvalue weighted by molar-refractivity contribution is 0.0993. The monoisotopic (exact) mass is 368 g/mol. The third kappa shape index (κ3) is 2.31. The first-order valence-electron chi connectivity index (χ1n) is 9.36. The lowest BCUT2D eigenvalue weighted by Gasteiger charge is -2.19. The van der Waals surface area contributed by atoms with Crippen molar-refractivity contribution in [2.45, 2.75) is 20.4 Å². The second-order valence-corrected chi connectivity index (χ2v) is 7.30. The number of methoxy groups -OCH3 is 1. The Bertz CT molecular complexity index is 1260. The molecule has 0 fully saturated rings. The lowest BCUT2D eigenvalue weighted by atomic mass is 9.99. The van der Waals surface area contributed by atoms with Crippen LogP contribution in [-0.2, 0) is 6.54 Å². The van der Waals surface area contributed by atoms with Crippen LogP contribution in [0.1, 0.15) is 27.0 Å². The Kier molecular flexibility index (Phi) is 3.63. The number of pyridine rings is 1. The van der Waals surface area contributed by atoms with Gasteiger partial charge in [-0.05, 0) is 54.8 Å². The maximum atomic E-state index is 13.5. The second-order valence-electron chi connectivity index (χ2n) is 7.30. The lowest BCUT2D eigenvalue weighted by Crippen LogP contribution is -2.26. The van der Waals surface area contributed by atoms with E-state index in [1.54, 1.807) is 7.11 Å². The zero-order chi connectivity index (χ0) is 19.4. The highest BCUT2D eigenvalue weighted by Gasteiger charge is 2.33. The van der Waals surface area contributed by atoms with Crippen molar-refractivity contribution < 1.29 is 9.53 Å². The minimum Gasteiger partial charge on any atom is -0.497 e. The number of fused-ring (bicyclic) bond motifs is 2. The third-order valence-corrected chi connectivity index (χ3v) is 5.70. The van der Waals surface area contributed by atoms with Gasteiger partial charge in [-0.3, -0.25) is 4.79 Å². The number of carbonyl (C=O) groups excluding carboxylic acids is 1. The molecule has 28 heavy (non-hydrogen) atoms. The standard InChI is InChI=1S/C24H20N2O2/c1-14-12-20-22-21(18-6-4-5-7-19(18)25-23(22)15(14)2)24(27)26(20)13-16-8-10-17(28-3)11-9-16/h4-12H,13H2,1-3H3. The number of amides is 1. The summed E-state index contributed by atoms with van der Waals surface area (Å²) in [5, 5.41) is 1.89. The molecule has 0 saturated heterocycles. The average Bonchev–Trinajstić information content (AvgIpc) is 2.99. The Morgan fingerprint density at radius 1 is 1.04 bits per heavy atom. The fourth-order valence-electron chi connectivity index (χ4n) is 4.05. The smallest absolute Gasteiger partial charge is 0.260 e. The van der Waals surface area contributed by atoms with Gasteiger partial charge >= 0.3 is 0 Å².